The molecule has 0 bridgehead atoms. The lowest BCUT2D eigenvalue weighted by molar-refractivity contribution is 0.306. The standard InChI is InChI=1S/C13H14Cl2N2OS/c1-8-17-6-11(19-8)7-18-13-9(2-3-16)4-10(14)5-12(13)15/h4-6H,2-3,7,16H2,1H3. The van der Waals surface area contributed by atoms with Crippen molar-refractivity contribution < 1.29 is 4.74 Å². The number of ether oxygens (including phenoxy) is 1. The lowest BCUT2D eigenvalue weighted by Crippen LogP contribution is -2.05. The van der Waals surface area contributed by atoms with E-state index in [0.29, 0.717) is 35.4 Å². The maximum atomic E-state index is 6.18. The topological polar surface area (TPSA) is 48.1 Å². The summed E-state index contributed by atoms with van der Waals surface area (Å²) in [4.78, 5) is 5.25. The smallest absolute Gasteiger partial charge is 0.141 e. The lowest BCUT2D eigenvalue weighted by Gasteiger charge is -2.12. The molecule has 0 fully saturated rings. The summed E-state index contributed by atoms with van der Waals surface area (Å²) in [7, 11) is 0. The van der Waals surface area contributed by atoms with Gasteiger partial charge < -0.3 is 10.5 Å². The van der Waals surface area contributed by atoms with Crippen LogP contribution in [0.1, 0.15) is 15.4 Å². The molecular weight excluding hydrogens is 303 g/mol. The summed E-state index contributed by atoms with van der Waals surface area (Å²) in [6.45, 7) is 2.93. The van der Waals surface area contributed by atoms with Crippen LogP contribution in [0.4, 0.5) is 0 Å². The first-order chi connectivity index (χ1) is 9.10. The van der Waals surface area contributed by atoms with E-state index in [2.05, 4.69) is 4.98 Å². The molecule has 0 saturated carbocycles. The third kappa shape index (κ3) is 3.83. The highest BCUT2D eigenvalue weighted by Crippen LogP contribution is 2.33. The number of aryl methyl sites for hydroxylation is 1. The first-order valence-corrected chi connectivity index (χ1v) is 7.39. The number of hydrogen-bond acceptors (Lipinski definition) is 4. The Labute approximate surface area is 126 Å². The number of hydrogen-bond donors (Lipinski definition) is 1. The van der Waals surface area contributed by atoms with Gasteiger partial charge in [0.25, 0.3) is 0 Å². The van der Waals surface area contributed by atoms with Crippen molar-refractivity contribution in [3.05, 3.63) is 43.8 Å². The van der Waals surface area contributed by atoms with Crippen LogP contribution in [-0.2, 0) is 13.0 Å². The molecule has 2 rings (SSSR count). The molecule has 0 aliphatic rings. The van der Waals surface area contributed by atoms with Crippen LogP contribution in [0.2, 0.25) is 10.0 Å². The fourth-order valence-electron chi connectivity index (χ4n) is 1.73. The van der Waals surface area contributed by atoms with Crippen molar-refractivity contribution in [1.82, 2.24) is 4.98 Å². The second kappa shape index (κ2) is 6.57. The van der Waals surface area contributed by atoms with Gasteiger partial charge in [-0.15, -0.1) is 11.3 Å². The number of aromatic nitrogens is 1. The van der Waals surface area contributed by atoms with Crippen LogP contribution in [0.3, 0.4) is 0 Å². The van der Waals surface area contributed by atoms with E-state index < -0.39 is 0 Å². The summed E-state index contributed by atoms with van der Waals surface area (Å²) in [5.41, 5.74) is 6.52. The summed E-state index contributed by atoms with van der Waals surface area (Å²) in [5.74, 6) is 0.655. The molecular formula is C13H14Cl2N2OS. The molecule has 0 unspecified atom stereocenters. The molecule has 6 heteroatoms. The zero-order valence-electron chi connectivity index (χ0n) is 10.5. The molecule has 2 aromatic rings. The van der Waals surface area contributed by atoms with Gasteiger partial charge in [0.05, 0.1) is 14.9 Å². The zero-order valence-corrected chi connectivity index (χ0v) is 12.8. The predicted molar refractivity (Wildman–Crippen MR) is 80.4 cm³/mol. The van der Waals surface area contributed by atoms with Gasteiger partial charge in [-0.1, -0.05) is 23.2 Å². The Bertz CT molecular complexity index is 572. The highest BCUT2D eigenvalue weighted by atomic mass is 35.5. The minimum atomic E-state index is 0.449. The molecule has 0 saturated heterocycles. The molecule has 1 aromatic heterocycles. The molecule has 1 heterocycles. The van der Waals surface area contributed by atoms with Gasteiger partial charge in [0, 0.05) is 11.2 Å². The Morgan fingerprint density at radius 3 is 2.79 bits per heavy atom. The van der Waals surface area contributed by atoms with Crippen LogP contribution < -0.4 is 10.5 Å². The van der Waals surface area contributed by atoms with Crippen LogP contribution in [0.25, 0.3) is 0 Å². The minimum absolute atomic E-state index is 0.449. The quantitative estimate of drug-likeness (QED) is 0.911. The van der Waals surface area contributed by atoms with Crippen LogP contribution in [-0.4, -0.2) is 11.5 Å². The van der Waals surface area contributed by atoms with Gasteiger partial charge in [-0.05, 0) is 37.6 Å². The fourth-order valence-corrected chi connectivity index (χ4v) is 3.03. The molecule has 102 valence electrons. The van der Waals surface area contributed by atoms with Gasteiger partial charge in [0.15, 0.2) is 0 Å². The lowest BCUT2D eigenvalue weighted by atomic mass is 10.1. The van der Waals surface area contributed by atoms with Gasteiger partial charge in [0.2, 0.25) is 0 Å². The van der Waals surface area contributed by atoms with Crippen molar-refractivity contribution in [1.29, 1.82) is 0 Å². The second-order valence-electron chi connectivity index (χ2n) is 4.05. The molecule has 0 radical (unpaired) electrons. The van der Waals surface area contributed by atoms with E-state index in [1.807, 2.05) is 19.2 Å². The minimum Gasteiger partial charge on any atom is -0.486 e. The van der Waals surface area contributed by atoms with Crippen molar-refractivity contribution in [2.75, 3.05) is 6.54 Å². The average Bonchev–Trinajstić information content (AvgIpc) is 2.74. The van der Waals surface area contributed by atoms with Crippen LogP contribution in [0.5, 0.6) is 5.75 Å². The number of benzene rings is 1. The average molecular weight is 317 g/mol. The molecule has 2 N–H and O–H groups in total. The molecule has 0 spiro atoms. The van der Waals surface area contributed by atoms with E-state index in [9.17, 15) is 0 Å². The number of thiazole rings is 1. The maximum absolute atomic E-state index is 6.18. The number of nitrogens with zero attached hydrogens (tertiary/aromatic N) is 1. The van der Waals surface area contributed by atoms with E-state index in [0.717, 1.165) is 15.4 Å². The van der Waals surface area contributed by atoms with Crippen molar-refractivity contribution in [3.8, 4) is 5.75 Å². The summed E-state index contributed by atoms with van der Waals surface area (Å²) >= 11 is 13.8. The van der Waals surface area contributed by atoms with Gasteiger partial charge in [0.1, 0.15) is 12.4 Å². The highest BCUT2D eigenvalue weighted by Gasteiger charge is 2.11. The number of halogens is 2. The molecule has 0 atom stereocenters. The first-order valence-electron chi connectivity index (χ1n) is 5.82. The zero-order chi connectivity index (χ0) is 13.8. The summed E-state index contributed by atoms with van der Waals surface area (Å²) < 4.78 is 5.80. The van der Waals surface area contributed by atoms with Crippen molar-refractivity contribution in [3.63, 3.8) is 0 Å². The van der Waals surface area contributed by atoms with Crippen molar-refractivity contribution in [2.45, 2.75) is 20.0 Å². The Morgan fingerprint density at radius 2 is 2.16 bits per heavy atom. The summed E-state index contributed by atoms with van der Waals surface area (Å²) in [5, 5.41) is 2.12. The third-order valence-corrected chi connectivity index (χ3v) is 3.91. The van der Waals surface area contributed by atoms with E-state index in [1.54, 1.807) is 17.4 Å². The van der Waals surface area contributed by atoms with E-state index in [1.165, 1.54) is 0 Å². The van der Waals surface area contributed by atoms with Crippen LogP contribution in [0.15, 0.2) is 18.3 Å². The molecule has 0 aliphatic heterocycles. The fraction of sp³-hybridized carbons (Fsp3) is 0.308. The highest BCUT2D eigenvalue weighted by molar-refractivity contribution is 7.11. The first kappa shape index (κ1) is 14.6. The number of nitrogens with two attached hydrogens (primary N) is 1. The number of rotatable bonds is 5. The largest absolute Gasteiger partial charge is 0.486 e. The summed E-state index contributed by atoms with van der Waals surface area (Å²) in [6, 6.07) is 3.52. The van der Waals surface area contributed by atoms with Crippen LogP contribution in [0, 0.1) is 6.92 Å². The van der Waals surface area contributed by atoms with Crippen LogP contribution >= 0.6 is 34.5 Å². The van der Waals surface area contributed by atoms with Crippen molar-refractivity contribution in [2.24, 2.45) is 5.73 Å². The third-order valence-electron chi connectivity index (χ3n) is 2.53. The van der Waals surface area contributed by atoms with Gasteiger partial charge in [-0.3, -0.25) is 0 Å². The van der Waals surface area contributed by atoms with Crippen molar-refractivity contribution >= 4 is 34.5 Å². The Kier molecular flexibility index (Phi) is 5.05. The predicted octanol–water partition coefficient (Wildman–Crippen LogP) is 3.84. The SMILES string of the molecule is Cc1ncc(COc2c(Cl)cc(Cl)cc2CCN)s1. The normalized spacial score (nSPS) is 10.7. The van der Waals surface area contributed by atoms with E-state index in [-0.39, 0.29) is 0 Å². The Balaban J connectivity index is 2.18. The monoisotopic (exact) mass is 316 g/mol. The molecule has 3 nitrogen and oxygen atoms in total. The van der Waals surface area contributed by atoms with Gasteiger partial charge >= 0.3 is 0 Å². The Hall–Kier alpha value is -0.810. The Morgan fingerprint density at radius 1 is 1.37 bits per heavy atom. The maximum Gasteiger partial charge on any atom is 0.141 e. The van der Waals surface area contributed by atoms with E-state index >= 15 is 0 Å². The molecule has 19 heavy (non-hydrogen) atoms. The van der Waals surface area contributed by atoms with Gasteiger partial charge in [-0.2, -0.15) is 0 Å². The van der Waals surface area contributed by atoms with E-state index in [4.69, 9.17) is 33.7 Å². The summed E-state index contributed by atoms with van der Waals surface area (Å²) in [6.07, 6.45) is 2.49. The second-order valence-corrected chi connectivity index (χ2v) is 6.21. The molecule has 1 aromatic carbocycles. The van der Waals surface area contributed by atoms with Gasteiger partial charge in [-0.25, -0.2) is 4.98 Å². The molecule has 0 aliphatic carbocycles. The molecule has 0 amide bonds.